The number of halogens is 1. The molecule has 33 heavy (non-hydrogen) atoms. The summed E-state index contributed by atoms with van der Waals surface area (Å²) in [6.07, 6.45) is 1.45. The zero-order valence-corrected chi connectivity index (χ0v) is 19.2. The van der Waals surface area contributed by atoms with Gasteiger partial charge in [-0.1, -0.05) is 23.7 Å². The first kappa shape index (κ1) is 22.5. The van der Waals surface area contributed by atoms with Crippen LogP contribution in [0.2, 0.25) is 5.02 Å². The van der Waals surface area contributed by atoms with Gasteiger partial charge in [0.1, 0.15) is 11.5 Å². The monoisotopic (exact) mass is 481 g/mol. The number of hydrogen-bond acceptors (Lipinski definition) is 6. The van der Waals surface area contributed by atoms with Crippen LogP contribution >= 0.6 is 23.8 Å². The predicted molar refractivity (Wildman–Crippen MR) is 128 cm³/mol. The molecule has 0 saturated carbocycles. The number of aromatic nitrogens is 4. The molecule has 2 heterocycles. The van der Waals surface area contributed by atoms with Gasteiger partial charge in [0.25, 0.3) is 0 Å². The Morgan fingerprint density at radius 3 is 2.48 bits per heavy atom. The summed E-state index contributed by atoms with van der Waals surface area (Å²) in [4.78, 5) is 24.5. The normalized spacial score (nSPS) is 11.5. The lowest BCUT2D eigenvalue weighted by atomic mass is 10.2. The Bertz CT molecular complexity index is 1460. The van der Waals surface area contributed by atoms with E-state index in [2.05, 4.69) is 15.0 Å². The van der Waals surface area contributed by atoms with Crippen LogP contribution in [0.15, 0.2) is 76.6 Å². The van der Waals surface area contributed by atoms with Crippen LogP contribution in [0.4, 0.5) is 5.69 Å². The molecule has 10 heteroatoms. The van der Waals surface area contributed by atoms with E-state index >= 15 is 0 Å². The highest BCUT2D eigenvalue weighted by Crippen LogP contribution is 2.25. The minimum absolute atomic E-state index is 0.124. The summed E-state index contributed by atoms with van der Waals surface area (Å²) in [5.41, 5.74) is 1.57. The molecule has 168 valence electrons. The van der Waals surface area contributed by atoms with Crippen LogP contribution in [0.25, 0.3) is 0 Å². The van der Waals surface area contributed by atoms with Crippen molar-refractivity contribution in [2.75, 3.05) is 0 Å². The van der Waals surface area contributed by atoms with Crippen molar-refractivity contribution in [2.45, 2.75) is 20.0 Å². The molecule has 4 aromatic rings. The van der Waals surface area contributed by atoms with Crippen LogP contribution in [0.1, 0.15) is 12.5 Å². The summed E-state index contributed by atoms with van der Waals surface area (Å²) in [5.74, 6) is 0.893. The maximum atomic E-state index is 13.1. The fourth-order valence-corrected chi connectivity index (χ4v) is 3.57. The average Bonchev–Trinajstić information content (AvgIpc) is 2.79. The van der Waals surface area contributed by atoms with Crippen molar-refractivity contribution in [3.05, 3.63) is 98.3 Å². The number of aromatic amines is 1. The third kappa shape index (κ3) is 5.39. The van der Waals surface area contributed by atoms with E-state index in [-0.39, 0.29) is 11.6 Å². The van der Waals surface area contributed by atoms with E-state index in [9.17, 15) is 9.90 Å². The fraction of sp³-hybridized carbons (Fsp3) is 0.130. The van der Waals surface area contributed by atoms with Crippen LogP contribution < -0.4 is 16.0 Å². The fourth-order valence-electron chi connectivity index (χ4n) is 3.15. The molecule has 8 nitrogen and oxygen atoms in total. The third-order valence-electron chi connectivity index (χ3n) is 4.78. The second-order valence-electron chi connectivity index (χ2n) is 7.05. The molecule has 0 aliphatic heterocycles. The molecule has 2 N–H and O–H groups in total. The Hall–Kier alpha value is -3.69. The quantitative estimate of drug-likeness (QED) is 0.393. The maximum Gasteiger partial charge on any atom is 0.333 e. The van der Waals surface area contributed by atoms with Crippen molar-refractivity contribution < 1.29 is 9.84 Å². The molecule has 0 aliphatic carbocycles. The van der Waals surface area contributed by atoms with Crippen molar-refractivity contribution >= 4 is 29.5 Å². The lowest BCUT2D eigenvalue weighted by molar-refractivity contribution is 0.438. The van der Waals surface area contributed by atoms with Gasteiger partial charge in [-0.3, -0.25) is 9.13 Å². The summed E-state index contributed by atoms with van der Waals surface area (Å²) in [7, 11) is 0. The molecule has 0 aliphatic rings. The largest absolute Gasteiger partial charge is 0.493 e. The molecule has 0 atom stereocenters. The summed E-state index contributed by atoms with van der Waals surface area (Å²) in [6, 6.07) is 17.3. The zero-order valence-electron chi connectivity index (χ0n) is 17.6. The number of nitrogens with zero attached hydrogens (tertiary/aromatic N) is 4. The smallest absolute Gasteiger partial charge is 0.333 e. The Labute approximate surface area is 199 Å². The standard InChI is InChI=1S/C23H20ClN5O3S/c1-2-28-22(33)27-21(29(23(28)31)14-15-3-5-16(24)6-4-15)26-17-7-9-18(10-8-17)32-19-11-12-25-20(30)13-19/h3-13H,2,14H2,1H3,(H,25,30)(H,26,27,33). The second kappa shape index (κ2) is 9.85. The van der Waals surface area contributed by atoms with E-state index in [0.29, 0.717) is 45.7 Å². The molecule has 0 saturated heterocycles. The predicted octanol–water partition coefficient (Wildman–Crippen LogP) is 4.55. The number of nitrogens with one attached hydrogen (secondary N) is 1. The zero-order chi connectivity index (χ0) is 23.4. The van der Waals surface area contributed by atoms with Crippen molar-refractivity contribution in [3.8, 4) is 17.4 Å². The Morgan fingerprint density at radius 1 is 1.09 bits per heavy atom. The molecule has 0 spiro atoms. The minimum Gasteiger partial charge on any atom is -0.493 e. The molecular formula is C23H20ClN5O3S. The van der Waals surface area contributed by atoms with Gasteiger partial charge >= 0.3 is 5.69 Å². The molecule has 2 aromatic heterocycles. The van der Waals surface area contributed by atoms with Crippen LogP contribution in [0.5, 0.6) is 17.4 Å². The van der Waals surface area contributed by atoms with Crippen molar-refractivity contribution in [3.63, 3.8) is 0 Å². The number of hydrogen-bond donors (Lipinski definition) is 2. The van der Waals surface area contributed by atoms with Crippen LogP contribution in [0, 0.1) is 4.77 Å². The van der Waals surface area contributed by atoms with Gasteiger partial charge in [-0.15, -0.1) is 0 Å². The lowest BCUT2D eigenvalue weighted by Gasteiger charge is -2.11. The highest BCUT2D eigenvalue weighted by molar-refractivity contribution is 7.71. The van der Waals surface area contributed by atoms with E-state index in [1.54, 1.807) is 42.5 Å². The molecule has 4 rings (SSSR count). The topological polar surface area (TPSA) is 97.4 Å². The lowest BCUT2D eigenvalue weighted by Crippen LogP contribution is -2.42. The van der Waals surface area contributed by atoms with Gasteiger partial charge in [-0.25, -0.2) is 14.8 Å². The first-order valence-electron chi connectivity index (χ1n) is 10.1. The van der Waals surface area contributed by atoms with Gasteiger partial charge in [-0.2, -0.15) is 0 Å². The van der Waals surface area contributed by atoms with Crippen LogP contribution in [-0.2, 0) is 13.1 Å². The third-order valence-corrected chi connectivity index (χ3v) is 5.35. The van der Waals surface area contributed by atoms with Gasteiger partial charge in [0.05, 0.1) is 12.2 Å². The number of benzene rings is 2. The van der Waals surface area contributed by atoms with Gasteiger partial charge in [-0.05, 0) is 67.2 Å². The van der Waals surface area contributed by atoms with E-state index < -0.39 is 0 Å². The number of H-pyrrole nitrogens is 1. The van der Waals surface area contributed by atoms with E-state index in [1.165, 1.54) is 21.4 Å². The summed E-state index contributed by atoms with van der Waals surface area (Å²) >= 11 is 11.3. The number of rotatable bonds is 6. The van der Waals surface area contributed by atoms with Crippen LogP contribution in [-0.4, -0.2) is 24.2 Å². The Morgan fingerprint density at radius 2 is 1.82 bits per heavy atom. The highest BCUT2D eigenvalue weighted by Gasteiger charge is 2.08. The van der Waals surface area contributed by atoms with Crippen molar-refractivity contribution in [1.29, 1.82) is 0 Å². The number of ether oxygens (including phenoxy) is 1. The van der Waals surface area contributed by atoms with Crippen molar-refractivity contribution in [2.24, 2.45) is 4.99 Å². The Kier molecular flexibility index (Phi) is 6.71. The van der Waals surface area contributed by atoms with Crippen LogP contribution in [0.3, 0.4) is 0 Å². The Balaban J connectivity index is 1.71. The van der Waals surface area contributed by atoms with Gasteiger partial charge in [0.15, 0.2) is 4.77 Å². The molecule has 0 amide bonds. The molecular weight excluding hydrogens is 462 g/mol. The van der Waals surface area contributed by atoms with Gasteiger partial charge < -0.3 is 14.8 Å². The summed E-state index contributed by atoms with van der Waals surface area (Å²) < 4.78 is 9.02. The summed E-state index contributed by atoms with van der Waals surface area (Å²) in [5, 5.41) is 10.1. The second-order valence-corrected chi connectivity index (χ2v) is 7.87. The average molecular weight is 482 g/mol. The SMILES string of the molecule is CCn1c(=S)[nH]/c(=N\c2ccc(Oc3ccnc(O)c3)cc2)n(Cc2ccc(Cl)cc2)c1=O. The molecule has 0 bridgehead atoms. The first-order valence-corrected chi connectivity index (χ1v) is 10.9. The van der Waals surface area contributed by atoms with E-state index in [1.807, 2.05) is 19.1 Å². The van der Waals surface area contributed by atoms with E-state index in [0.717, 1.165) is 5.56 Å². The van der Waals surface area contributed by atoms with Gasteiger partial charge in [0.2, 0.25) is 11.5 Å². The van der Waals surface area contributed by atoms with Crippen molar-refractivity contribution in [1.82, 2.24) is 19.1 Å². The highest BCUT2D eigenvalue weighted by atomic mass is 35.5. The summed E-state index contributed by atoms with van der Waals surface area (Å²) in [6.45, 7) is 2.59. The minimum atomic E-state index is -0.257. The molecule has 0 fully saturated rings. The number of pyridine rings is 1. The van der Waals surface area contributed by atoms with Gasteiger partial charge in [0, 0.05) is 23.8 Å². The molecule has 2 aromatic carbocycles. The maximum absolute atomic E-state index is 13.1. The van der Waals surface area contributed by atoms with E-state index in [4.69, 9.17) is 28.6 Å². The molecule has 0 unspecified atom stereocenters. The first-order chi connectivity index (χ1) is 15.9. The number of aromatic hydroxyl groups is 1. The molecule has 0 radical (unpaired) electrons.